The molecule has 0 saturated carbocycles. The highest BCUT2D eigenvalue weighted by Crippen LogP contribution is 2.37. The van der Waals surface area contributed by atoms with Gasteiger partial charge in [-0.1, -0.05) is 0 Å². The molecule has 0 spiro atoms. The lowest BCUT2D eigenvalue weighted by molar-refractivity contribution is -0.126. The topological polar surface area (TPSA) is 93.9 Å². The van der Waals surface area contributed by atoms with Gasteiger partial charge in [-0.2, -0.15) is 0 Å². The van der Waals surface area contributed by atoms with E-state index in [4.69, 9.17) is 15.3 Å². The van der Waals surface area contributed by atoms with Crippen LogP contribution in [-0.4, -0.2) is 25.2 Å². The van der Waals surface area contributed by atoms with Crippen molar-refractivity contribution < 1.29 is 19.1 Å². The van der Waals surface area contributed by atoms with Gasteiger partial charge in [-0.15, -0.1) is 0 Å². The van der Waals surface area contributed by atoms with Gasteiger partial charge >= 0.3 is 0 Å². The van der Waals surface area contributed by atoms with Crippen LogP contribution in [0.3, 0.4) is 0 Å². The Hall–Kier alpha value is -2.28. The van der Waals surface area contributed by atoms with Crippen molar-refractivity contribution in [3.05, 3.63) is 18.2 Å². The number of hydrogen-bond donors (Lipinski definition) is 2. The van der Waals surface area contributed by atoms with Gasteiger partial charge in [0, 0.05) is 24.7 Å². The van der Waals surface area contributed by atoms with Gasteiger partial charge in [-0.3, -0.25) is 15.0 Å². The number of nitrogens with two attached hydrogens (primary N) is 1. The lowest BCUT2D eigenvalue weighted by atomic mass is 10.1. The zero-order valence-corrected chi connectivity index (χ0v) is 10.1. The van der Waals surface area contributed by atoms with Crippen LogP contribution >= 0.6 is 0 Å². The molecule has 1 fully saturated rings. The summed E-state index contributed by atoms with van der Waals surface area (Å²) in [5.74, 6) is 5.52. The summed E-state index contributed by atoms with van der Waals surface area (Å²) < 4.78 is 10.5. The molecule has 2 aliphatic rings. The number of carbonyl (C=O) groups excluding carboxylic acids is 2. The van der Waals surface area contributed by atoms with Crippen LogP contribution in [0.1, 0.15) is 6.42 Å². The summed E-state index contributed by atoms with van der Waals surface area (Å²) in [6.07, 6.45) is 0.164. The highest BCUT2D eigenvalue weighted by atomic mass is 16.7. The molecule has 3 rings (SSSR count). The molecule has 7 nitrogen and oxygen atoms in total. The highest BCUT2D eigenvalue weighted by Gasteiger charge is 2.35. The number of rotatable bonds is 2. The van der Waals surface area contributed by atoms with E-state index in [9.17, 15) is 9.59 Å². The molecule has 1 saturated heterocycles. The average molecular weight is 263 g/mol. The molecule has 3 N–H and O–H groups in total. The number of hydrazine groups is 1. The van der Waals surface area contributed by atoms with E-state index in [0.717, 1.165) is 0 Å². The number of anilines is 1. The SMILES string of the molecule is NNC(=O)C1CC(=O)N(c2ccc3c(c2)OCO3)C1. The first kappa shape index (κ1) is 11.8. The maximum Gasteiger partial charge on any atom is 0.239 e. The van der Waals surface area contributed by atoms with Crippen LogP contribution in [0.5, 0.6) is 11.5 Å². The number of amides is 2. The fraction of sp³-hybridized carbons (Fsp3) is 0.333. The van der Waals surface area contributed by atoms with E-state index in [1.807, 2.05) is 0 Å². The van der Waals surface area contributed by atoms with E-state index >= 15 is 0 Å². The summed E-state index contributed by atoms with van der Waals surface area (Å²) in [6, 6.07) is 5.26. The van der Waals surface area contributed by atoms with Crippen LogP contribution in [0.2, 0.25) is 0 Å². The Kier molecular flexibility index (Phi) is 2.75. The smallest absolute Gasteiger partial charge is 0.239 e. The molecule has 1 unspecified atom stereocenters. The molecule has 7 heteroatoms. The number of nitrogens with zero attached hydrogens (tertiary/aromatic N) is 1. The molecule has 0 aliphatic carbocycles. The Morgan fingerprint density at radius 3 is 2.95 bits per heavy atom. The monoisotopic (exact) mass is 263 g/mol. The molecule has 1 atom stereocenters. The van der Waals surface area contributed by atoms with Gasteiger partial charge in [0.15, 0.2) is 11.5 Å². The van der Waals surface area contributed by atoms with Crippen molar-refractivity contribution >= 4 is 17.5 Å². The van der Waals surface area contributed by atoms with Gasteiger partial charge in [0.25, 0.3) is 0 Å². The molecule has 2 aliphatic heterocycles. The zero-order valence-electron chi connectivity index (χ0n) is 10.1. The minimum absolute atomic E-state index is 0.104. The van der Waals surface area contributed by atoms with Crippen molar-refractivity contribution in [1.82, 2.24) is 5.43 Å². The largest absolute Gasteiger partial charge is 0.454 e. The molecule has 100 valence electrons. The second kappa shape index (κ2) is 4.43. The van der Waals surface area contributed by atoms with Crippen molar-refractivity contribution in [3.8, 4) is 11.5 Å². The average Bonchev–Trinajstić information content (AvgIpc) is 3.03. The summed E-state index contributed by atoms with van der Waals surface area (Å²) in [4.78, 5) is 25.0. The Labute approximate surface area is 109 Å². The third-order valence-corrected chi connectivity index (χ3v) is 3.31. The van der Waals surface area contributed by atoms with E-state index in [-0.39, 0.29) is 25.0 Å². The zero-order chi connectivity index (χ0) is 13.4. The fourth-order valence-corrected chi connectivity index (χ4v) is 2.30. The molecule has 0 aromatic heterocycles. The summed E-state index contributed by atoms with van der Waals surface area (Å²) in [6.45, 7) is 0.506. The Bertz CT molecular complexity index is 546. The highest BCUT2D eigenvalue weighted by molar-refractivity contribution is 6.00. The van der Waals surface area contributed by atoms with Gasteiger partial charge in [-0.25, -0.2) is 5.84 Å². The number of carbonyl (C=O) groups is 2. The third-order valence-electron chi connectivity index (χ3n) is 3.31. The number of benzene rings is 1. The minimum atomic E-state index is -0.414. The predicted molar refractivity (Wildman–Crippen MR) is 65.4 cm³/mol. The van der Waals surface area contributed by atoms with Crippen LogP contribution < -0.4 is 25.6 Å². The quantitative estimate of drug-likeness (QED) is 0.436. The number of nitrogens with one attached hydrogen (secondary N) is 1. The minimum Gasteiger partial charge on any atom is -0.454 e. The maximum atomic E-state index is 11.9. The Balaban J connectivity index is 1.83. The fourth-order valence-electron chi connectivity index (χ4n) is 2.30. The summed E-state index contributed by atoms with van der Waals surface area (Å²) in [5.41, 5.74) is 2.77. The molecule has 1 aromatic rings. The van der Waals surface area contributed by atoms with Crippen molar-refractivity contribution in [3.63, 3.8) is 0 Å². The van der Waals surface area contributed by atoms with Crippen LogP contribution in [0.25, 0.3) is 0 Å². The van der Waals surface area contributed by atoms with Gasteiger partial charge in [0.1, 0.15) is 0 Å². The van der Waals surface area contributed by atoms with Gasteiger partial charge in [0.05, 0.1) is 5.92 Å². The Morgan fingerprint density at radius 1 is 1.37 bits per heavy atom. The second-order valence-corrected chi connectivity index (χ2v) is 4.45. The first-order valence-corrected chi connectivity index (χ1v) is 5.89. The van der Waals surface area contributed by atoms with E-state index in [1.54, 1.807) is 23.1 Å². The van der Waals surface area contributed by atoms with Crippen molar-refractivity contribution in [2.75, 3.05) is 18.2 Å². The lowest BCUT2D eigenvalue weighted by Crippen LogP contribution is -2.37. The molecule has 2 amide bonds. The molecule has 0 bridgehead atoms. The summed E-state index contributed by atoms with van der Waals surface area (Å²) in [7, 11) is 0. The molecule has 1 aromatic carbocycles. The molecule has 0 radical (unpaired) electrons. The standard InChI is InChI=1S/C12H13N3O4/c13-14-12(17)7-3-11(16)15(5-7)8-1-2-9-10(4-8)19-6-18-9/h1-2,4,7H,3,5-6,13H2,(H,14,17). The van der Waals surface area contributed by atoms with Crippen LogP contribution in [0.4, 0.5) is 5.69 Å². The molecular weight excluding hydrogens is 250 g/mol. The van der Waals surface area contributed by atoms with Crippen molar-refractivity contribution in [2.24, 2.45) is 11.8 Å². The van der Waals surface area contributed by atoms with Crippen LogP contribution in [-0.2, 0) is 9.59 Å². The van der Waals surface area contributed by atoms with E-state index in [1.165, 1.54) is 0 Å². The van der Waals surface area contributed by atoms with Gasteiger partial charge in [0.2, 0.25) is 18.6 Å². The van der Waals surface area contributed by atoms with Gasteiger partial charge < -0.3 is 14.4 Å². The Morgan fingerprint density at radius 2 is 2.16 bits per heavy atom. The third kappa shape index (κ3) is 1.97. The first-order valence-electron chi connectivity index (χ1n) is 5.89. The first-order chi connectivity index (χ1) is 9.19. The predicted octanol–water partition coefficient (Wildman–Crippen LogP) is -0.242. The van der Waals surface area contributed by atoms with Gasteiger partial charge in [-0.05, 0) is 12.1 Å². The second-order valence-electron chi connectivity index (χ2n) is 4.45. The van der Waals surface area contributed by atoms with Crippen LogP contribution in [0.15, 0.2) is 18.2 Å². The van der Waals surface area contributed by atoms with Crippen molar-refractivity contribution in [2.45, 2.75) is 6.42 Å². The molecule has 2 heterocycles. The van der Waals surface area contributed by atoms with Crippen molar-refractivity contribution in [1.29, 1.82) is 0 Å². The van der Waals surface area contributed by atoms with E-state index in [0.29, 0.717) is 23.7 Å². The molecule has 19 heavy (non-hydrogen) atoms. The lowest BCUT2D eigenvalue weighted by Gasteiger charge is -2.16. The number of fused-ring (bicyclic) bond motifs is 1. The van der Waals surface area contributed by atoms with Crippen LogP contribution in [0, 0.1) is 5.92 Å². The number of hydrogen-bond acceptors (Lipinski definition) is 5. The molecular formula is C12H13N3O4. The van der Waals surface area contributed by atoms with E-state index < -0.39 is 5.92 Å². The normalized spacial score (nSPS) is 20.8. The summed E-state index contributed by atoms with van der Waals surface area (Å²) >= 11 is 0. The maximum absolute atomic E-state index is 11.9. The van der Waals surface area contributed by atoms with E-state index in [2.05, 4.69) is 5.43 Å². The summed E-state index contributed by atoms with van der Waals surface area (Å²) in [5, 5.41) is 0. The number of ether oxygens (including phenoxy) is 2.